The molecule has 0 unspecified atom stereocenters. The first-order valence-corrected chi connectivity index (χ1v) is 6.48. The van der Waals surface area contributed by atoms with Gasteiger partial charge in [-0.1, -0.05) is 13.8 Å². The minimum Gasteiger partial charge on any atom is -0.368 e. The van der Waals surface area contributed by atoms with Gasteiger partial charge in [0.15, 0.2) is 0 Å². The summed E-state index contributed by atoms with van der Waals surface area (Å²) in [6.07, 6.45) is 7.00. The highest BCUT2D eigenvalue weighted by atomic mass is 15.2. The number of aromatic nitrogens is 1. The molecule has 0 amide bonds. The average molecular weight is 218 g/mol. The molecule has 88 valence electrons. The number of anilines is 1. The van der Waals surface area contributed by atoms with Gasteiger partial charge >= 0.3 is 0 Å². The topological polar surface area (TPSA) is 16.1 Å². The van der Waals surface area contributed by atoms with Crippen LogP contribution in [0, 0.1) is 6.92 Å². The zero-order valence-electron chi connectivity index (χ0n) is 10.7. The maximum Gasteiger partial charge on any atom is 0.0434 e. The van der Waals surface area contributed by atoms with E-state index in [9.17, 15) is 0 Å². The zero-order valence-corrected chi connectivity index (χ0v) is 10.7. The molecule has 1 aliphatic heterocycles. The van der Waals surface area contributed by atoms with E-state index in [0.29, 0.717) is 6.04 Å². The van der Waals surface area contributed by atoms with Crippen LogP contribution < -0.4 is 4.90 Å². The second-order valence-corrected chi connectivity index (χ2v) is 4.72. The number of fused-ring (bicyclic) bond motifs is 1. The van der Waals surface area contributed by atoms with E-state index < -0.39 is 0 Å². The standard InChI is InChI=1S/C14H22N2/c1-4-13(5-2)16-8-6-7-12-10-15-11(3)9-14(12)16/h9-10,13H,4-8H2,1-3H3. The Morgan fingerprint density at radius 1 is 1.38 bits per heavy atom. The molecule has 0 aromatic carbocycles. The summed E-state index contributed by atoms with van der Waals surface area (Å²) in [5.41, 5.74) is 4.01. The summed E-state index contributed by atoms with van der Waals surface area (Å²) in [5.74, 6) is 0. The van der Waals surface area contributed by atoms with Crippen LogP contribution in [0.1, 0.15) is 44.4 Å². The lowest BCUT2D eigenvalue weighted by molar-refractivity contribution is 0.532. The zero-order chi connectivity index (χ0) is 11.5. The molecular weight excluding hydrogens is 196 g/mol. The molecule has 0 bridgehead atoms. The van der Waals surface area contributed by atoms with Crippen molar-refractivity contribution >= 4 is 5.69 Å². The molecule has 0 radical (unpaired) electrons. The molecule has 2 rings (SSSR count). The number of aryl methyl sites for hydroxylation is 2. The molecule has 2 heteroatoms. The van der Waals surface area contributed by atoms with Gasteiger partial charge in [0.25, 0.3) is 0 Å². The Hall–Kier alpha value is -1.05. The molecule has 0 N–H and O–H groups in total. The molecule has 0 spiro atoms. The van der Waals surface area contributed by atoms with Crippen LogP contribution in [0.5, 0.6) is 0 Å². The monoisotopic (exact) mass is 218 g/mol. The van der Waals surface area contributed by atoms with Crippen molar-refractivity contribution in [2.45, 2.75) is 52.5 Å². The van der Waals surface area contributed by atoms with Gasteiger partial charge in [0, 0.05) is 30.2 Å². The Labute approximate surface area is 98.7 Å². The van der Waals surface area contributed by atoms with Crippen molar-refractivity contribution in [3.8, 4) is 0 Å². The van der Waals surface area contributed by atoms with Crippen LogP contribution in [0.15, 0.2) is 12.3 Å². The number of hydrogen-bond donors (Lipinski definition) is 0. The van der Waals surface area contributed by atoms with E-state index in [1.807, 2.05) is 0 Å². The van der Waals surface area contributed by atoms with Gasteiger partial charge in [-0.25, -0.2) is 0 Å². The highest BCUT2D eigenvalue weighted by Crippen LogP contribution is 2.30. The maximum absolute atomic E-state index is 4.41. The Morgan fingerprint density at radius 3 is 2.81 bits per heavy atom. The first-order chi connectivity index (χ1) is 7.76. The van der Waals surface area contributed by atoms with Gasteiger partial charge in [0.05, 0.1) is 0 Å². The molecule has 0 atom stereocenters. The summed E-state index contributed by atoms with van der Waals surface area (Å²) in [4.78, 5) is 7.00. The van der Waals surface area contributed by atoms with Crippen molar-refractivity contribution in [2.24, 2.45) is 0 Å². The van der Waals surface area contributed by atoms with Gasteiger partial charge in [0.1, 0.15) is 0 Å². The van der Waals surface area contributed by atoms with Crippen LogP contribution >= 0.6 is 0 Å². The lowest BCUT2D eigenvalue weighted by Crippen LogP contribution is -2.38. The molecule has 1 aliphatic rings. The van der Waals surface area contributed by atoms with Gasteiger partial charge in [0.2, 0.25) is 0 Å². The van der Waals surface area contributed by atoms with Gasteiger partial charge < -0.3 is 4.90 Å². The molecule has 0 saturated carbocycles. The lowest BCUT2D eigenvalue weighted by atomic mass is 9.99. The smallest absolute Gasteiger partial charge is 0.0434 e. The van der Waals surface area contributed by atoms with Gasteiger partial charge in [-0.15, -0.1) is 0 Å². The highest BCUT2D eigenvalue weighted by Gasteiger charge is 2.22. The number of rotatable bonds is 3. The Morgan fingerprint density at radius 2 is 2.12 bits per heavy atom. The molecule has 0 saturated heterocycles. The van der Waals surface area contributed by atoms with E-state index in [1.165, 1.54) is 43.5 Å². The molecule has 0 fully saturated rings. The summed E-state index contributed by atoms with van der Waals surface area (Å²) < 4.78 is 0. The second-order valence-electron chi connectivity index (χ2n) is 4.72. The van der Waals surface area contributed by atoms with Crippen molar-refractivity contribution in [3.05, 3.63) is 23.5 Å². The second kappa shape index (κ2) is 4.86. The van der Waals surface area contributed by atoms with Crippen LogP contribution in [0.3, 0.4) is 0 Å². The van der Waals surface area contributed by atoms with Crippen LogP contribution in [0.4, 0.5) is 5.69 Å². The Kier molecular flexibility index (Phi) is 3.47. The normalized spacial score (nSPS) is 15.4. The van der Waals surface area contributed by atoms with Crippen molar-refractivity contribution in [3.63, 3.8) is 0 Å². The largest absolute Gasteiger partial charge is 0.368 e. The van der Waals surface area contributed by atoms with Crippen molar-refractivity contribution in [1.29, 1.82) is 0 Å². The molecular formula is C14H22N2. The number of nitrogens with zero attached hydrogens (tertiary/aromatic N) is 2. The average Bonchev–Trinajstić information content (AvgIpc) is 2.31. The Bertz CT molecular complexity index is 356. The van der Waals surface area contributed by atoms with E-state index in [4.69, 9.17) is 0 Å². The predicted molar refractivity (Wildman–Crippen MR) is 69.0 cm³/mol. The van der Waals surface area contributed by atoms with E-state index in [1.54, 1.807) is 0 Å². The molecule has 2 nitrogen and oxygen atoms in total. The van der Waals surface area contributed by atoms with Crippen LogP contribution in [-0.2, 0) is 6.42 Å². The van der Waals surface area contributed by atoms with Gasteiger partial charge in [-0.05, 0) is 44.2 Å². The van der Waals surface area contributed by atoms with E-state index in [-0.39, 0.29) is 0 Å². The summed E-state index contributed by atoms with van der Waals surface area (Å²) in [7, 11) is 0. The highest BCUT2D eigenvalue weighted by molar-refractivity contribution is 5.56. The summed E-state index contributed by atoms with van der Waals surface area (Å²) in [5, 5.41) is 0. The van der Waals surface area contributed by atoms with Gasteiger partial charge in [-0.2, -0.15) is 0 Å². The summed E-state index contributed by atoms with van der Waals surface area (Å²) in [6, 6.07) is 2.95. The lowest BCUT2D eigenvalue weighted by Gasteiger charge is -2.37. The predicted octanol–water partition coefficient (Wildman–Crippen LogP) is 3.33. The number of pyridine rings is 1. The molecule has 2 heterocycles. The molecule has 0 aliphatic carbocycles. The number of hydrogen-bond acceptors (Lipinski definition) is 2. The molecule has 16 heavy (non-hydrogen) atoms. The van der Waals surface area contributed by atoms with Crippen LogP contribution in [-0.4, -0.2) is 17.6 Å². The first kappa shape index (κ1) is 11.4. The Balaban J connectivity index is 2.34. The fraction of sp³-hybridized carbons (Fsp3) is 0.643. The van der Waals surface area contributed by atoms with E-state index in [2.05, 4.69) is 42.9 Å². The van der Waals surface area contributed by atoms with Crippen molar-refractivity contribution < 1.29 is 0 Å². The van der Waals surface area contributed by atoms with Crippen molar-refractivity contribution in [2.75, 3.05) is 11.4 Å². The quantitative estimate of drug-likeness (QED) is 0.773. The van der Waals surface area contributed by atoms with E-state index >= 15 is 0 Å². The fourth-order valence-corrected chi connectivity index (χ4v) is 2.70. The minimum atomic E-state index is 0.695. The SMILES string of the molecule is CCC(CC)N1CCCc2cnc(C)cc21. The van der Waals surface area contributed by atoms with Gasteiger partial charge in [-0.3, -0.25) is 4.98 Å². The van der Waals surface area contributed by atoms with E-state index in [0.717, 1.165) is 5.69 Å². The molecule has 1 aromatic rings. The van der Waals surface area contributed by atoms with Crippen molar-refractivity contribution in [1.82, 2.24) is 4.98 Å². The third-order valence-corrected chi connectivity index (χ3v) is 3.64. The minimum absolute atomic E-state index is 0.695. The third kappa shape index (κ3) is 2.06. The fourth-order valence-electron chi connectivity index (χ4n) is 2.70. The maximum atomic E-state index is 4.41. The first-order valence-electron chi connectivity index (χ1n) is 6.48. The summed E-state index contributed by atoms with van der Waals surface area (Å²) >= 11 is 0. The third-order valence-electron chi connectivity index (χ3n) is 3.64. The summed E-state index contributed by atoms with van der Waals surface area (Å²) in [6.45, 7) is 7.87. The van der Waals surface area contributed by atoms with Crippen LogP contribution in [0.25, 0.3) is 0 Å². The van der Waals surface area contributed by atoms with Crippen LogP contribution in [0.2, 0.25) is 0 Å². The molecule has 1 aromatic heterocycles.